The van der Waals surface area contributed by atoms with Crippen LogP contribution in [0.5, 0.6) is 0 Å². The van der Waals surface area contributed by atoms with Crippen LogP contribution < -0.4 is 0 Å². The summed E-state index contributed by atoms with van der Waals surface area (Å²) >= 11 is 3.60. The molecule has 0 unspecified atom stereocenters. The molecule has 11 heavy (non-hydrogen) atoms. The Balaban J connectivity index is 2.88. The molecule has 0 radical (unpaired) electrons. The molecule has 2 heterocycles. The van der Waals surface area contributed by atoms with Crippen LogP contribution in [0.1, 0.15) is 15.4 Å². The standard InChI is InChI=1S/C8H9NS2/c1-4-5(2)10-8-7(4)11-6(3)9-8/h1-3H3. The van der Waals surface area contributed by atoms with Crippen molar-refractivity contribution in [2.24, 2.45) is 0 Å². The van der Waals surface area contributed by atoms with E-state index in [9.17, 15) is 0 Å². The Morgan fingerprint density at radius 2 is 1.82 bits per heavy atom. The summed E-state index contributed by atoms with van der Waals surface area (Å²) < 4.78 is 1.38. The SMILES string of the molecule is Cc1nc2sc(C)c(C)c2s1. The minimum atomic E-state index is 1.18. The van der Waals surface area contributed by atoms with Crippen LogP contribution in [0.25, 0.3) is 9.53 Å². The third-order valence-electron chi connectivity index (χ3n) is 1.82. The Hall–Kier alpha value is -0.410. The van der Waals surface area contributed by atoms with Gasteiger partial charge in [-0.3, -0.25) is 0 Å². The molecule has 0 aliphatic rings. The minimum absolute atomic E-state index is 1.18. The van der Waals surface area contributed by atoms with Gasteiger partial charge in [-0.05, 0) is 26.3 Å². The van der Waals surface area contributed by atoms with Gasteiger partial charge in [0, 0.05) is 4.88 Å². The Kier molecular flexibility index (Phi) is 1.51. The van der Waals surface area contributed by atoms with Gasteiger partial charge in [0.1, 0.15) is 4.83 Å². The maximum absolute atomic E-state index is 4.43. The molecule has 0 spiro atoms. The summed E-state index contributed by atoms with van der Waals surface area (Å²) in [5, 5.41) is 1.18. The first kappa shape index (κ1) is 7.25. The third-order valence-corrected chi connectivity index (χ3v) is 4.14. The number of aromatic nitrogens is 1. The number of fused-ring (bicyclic) bond motifs is 1. The van der Waals surface area contributed by atoms with Gasteiger partial charge in [-0.1, -0.05) is 0 Å². The number of thiophene rings is 1. The molecule has 0 N–H and O–H groups in total. The van der Waals surface area contributed by atoms with Crippen LogP contribution >= 0.6 is 22.7 Å². The lowest BCUT2D eigenvalue weighted by atomic mass is 10.3. The van der Waals surface area contributed by atoms with Gasteiger partial charge in [-0.2, -0.15) is 0 Å². The van der Waals surface area contributed by atoms with Crippen LogP contribution in [-0.4, -0.2) is 4.98 Å². The predicted molar refractivity (Wildman–Crippen MR) is 51.7 cm³/mol. The summed E-state index contributed by atoms with van der Waals surface area (Å²) in [5.41, 5.74) is 1.41. The Bertz CT molecular complexity index is 397. The van der Waals surface area contributed by atoms with Crippen LogP contribution in [0.3, 0.4) is 0 Å². The average molecular weight is 183 g/mol. The molecule has 1 nitrogen and oxygen atoms in total. The van der Waals surface area contributed by atoms with Gasteiger partial charge in [-0.15, -0.1) is 22.7 Å². The highest BCUT2D eigenvalue weighted by Gasteiger charge is 2.08. The van der Waals surface area contributed by atoms with E-state index in [0.29, 0.717) is 0 Å². The highest BCUT2D eigenvalue weighted by molar-refractivity contribution is 7.27. The third kappa shape index (κ3) is 0.993. The van der Waals surface area contributed by atoms with Crippen molar-refractivity contribution in [3.05, 3.63) is 15.4 Å². The monoisotopic (exact) mass is 183 g/mol. The van der Waals surface area contributed by atoms with E-state index in [1.165, 1.54) is 25.0 Å². The lowest BCUT2D eigenvalue weighted by Crippen LogP contribution is -1.64. The van der Waals surface area contributed by atoms with Crippen LogP contribution in [0.2, 0.25) is 0 Å². The first-order valence-electron chi connectivity index (χ1n) is 3.51. The van der Waals surface area contributed by atoms with Crippen molar-refractivity contribution in [3.63, 3.8) is 0 Å². The summed E-state index contributed by atoms with van der Waals surface area (Å²) in [6.07, 6.45) is 0. The predicted octanol–water partition coefficient (Wildman–Crippen LogP) is 3.28. The van der Waals surface area contributed by atoms with E-state index in [0.717, 1.165) is 0 Å². The van der Waals surface area contributed by atoms with Crippen LogP contribution in [0.4, 0.5) is 0 Å². The van der Waals surface area contributed by atoms with Gasteiger partial charge < -0.3 is 0 Å². The highest BCUT2D eigenvalue weighted by Crippen LogP contribution is 2.33. The molecule has 0 saturated carbocycles. The van der Waals surface area contributed by atoms with E-state index in [-0.39, 0.29) is 0 Å². The van der Waals surface area contributed by atoms with Crippen molar-refractivity contribution in [1.29, 1.82) is 0 Å². The highest BCUT2D eigenvalue weighted by atomic mass is 32.1. The zero-order valence-electron chi connectivity index (χ0n) is 6.76. The molecular weight excluding hydrogens is 174 g/mol. The van der Waals surface area contributed by atoms with Crippen molar-refractivity contribution in [1.82, 2.24) is 4.98 Å². The quantitative estimate of drug-likeness (QED) is 0.610. The molecule has 0 aromatic carbocycles. The zero-order chi connectivity index (χ0) is 8.01. The summed E-state index contributed by atoms with van der Waals surface area (Å²) in [6.45, 7) is 6.39. The number of hydrogen-bond acceptors (Lipinski definition) is 3. The zero-order valence-corrected chi connectivity index (χ0v) is 8.40. The van der Waals surface area contributed by atoms with Crippen LogP contribution in [0.15, 0.2) is 0 Å². The van der Waals surface area contributed by atoms with Crippen LogP contribution in [-0.2, 0) is 0 Å². The number of hydrogen-bond donors (Lipinski definition) is 0. The van der Waals surface area contributed by atoms with Crippen molar-refractivity contribution in [2.75, 3.05) is 0 Å². The fourth-order valence-corrected chi connectivity index (χ4v) is 3.31. The molecule has 3 heteroatoms. The van der Waals surface area contributed by atoms with Crippen molar-refractivity contribution >= 4 is 32.2 Å². The molecule has 0 aliphatic heterocycles. The first-order valence-corrected chi connectivity index (χ1v) is 5.15. The largest absolute Gasteiger partial charge is 0.231 e. The minimum Gasteiger partial charge on any atom is -0.231 e. The Labute approximate surface area is 73.7 Å². The van der Waals surface area contributed by atoms with E-state index in [2.05, 4.69) is 25.8 Å². The summed E-state index contributed by atoms with van der Waals surface area (Å²) in [7, 11) is 0. The number of aryl methyl sites for hydroxylation is 3. The second kappa shape index (κ2) is 2.29. The molecule has 0 bridgehead atoms. The van der Waals surface area contributed by atoms with Gasteiger partial charge in [0.15, 0.2) is 0 Å². The van der Waals surface area contributed by atoms with Gasteiger partial charge in [0.05, 0.1) is 9.71 Å². The number of rotatable bonds is 0. The molecule has 2 aromatic rings. The van der Waals surface area contributed by atoms with E-state index in [1.54, 1.807) is 22.7 Å². The van der Waals surface area contributed by atoms with Crippen LogP contribution in [0, 0.1) is 20.8 Å². The maximum atomic E-state index is 4.43. The molecule has 58 valence electrons. The molecule has 2 aromatic heterocycles. The number of nitrogens with zero attached hydrogens (tertiary/aromatic N) is 1. The van der Waals surface area contributed by atoms with Gasteiger partial charge >= 0.3 is 0 Å². The maximum Gasteiger partial charge on any atom is 0.135 e. The van der Waals surface area contributed by atoms with E-state index in [4.69, 9.17) is 0 Å². The first-order chi connectivity index (χ1) is 5.18. The molecule has 0 atom stereocenters. The normalized spacial score (nSPS) is 11.2. The van der Waals surface area contributed by atoms with Crippen molar-refractivity contribution in [3.8, 4) is 0 Å². The van der Waals surface area contributed by atoms with E-state index < -0.39 is 0 Å². The van der Waals surface area contributed by atoms with Gasteiger partial charge in [-0.25, -0.2) is 4.98 Å². The summed E-state index contributed by atoms with van der Waals surface area (Å²) in [5.74, 6) is 0. The summed E-state index contributed by atoms with van der Waals surface area (Å²) in [6, 6.07) is 0. The number of thiazole rings is 1. The molecule has 2 rings (SSSR count). The lowest BCUT2D eigenvalue weighted by molar-refractivity contribution is 1.36. The van der Waals surface area contributed by atoms with E-state index in [1.807, 2.05) is 0 Å². The molecule has 0 saturated heterocycles. The summed E-state index contributed by atoms with van der Waals surface area (Å²) in [4.78, 5) is 7.04. The molecular formula is C8H9NS2. The van der Waals surface area contributed by atoms with Gasteiger partial charge in [0.25, 0.3) is 0 Å². The molecule has 0 aliphatic carbocycles. The lowest BCUT2D eigenvalue weighted by Gasteiger charge is -1.84. The Morgan fingerprint density at radius 1 is 1.09 bits per heavy atom. The average Bonchev–Trinajstić information content (AvgIpc) is 2.37. The second-order valence-electron chi connectivity index (χ2n) is 2.65. The van der Waals surface area contributed by atoms with Crippen molar-refractivity contribution < 1.29 is 0 Å². The molecule has 0 amide bonds. The van der Waals surface area contributed by atoms with E-state index >= 15 is 0 Å². The smallest absolute Gasteiger partial charge is 0.135 e. The van der Waals surface area contributed by atoms with Gasteiger partial charge in [0.2, 0.25) is 0 Å². The van der Waals surface area contributed by atoms with Crippen molar-refractivity contribution in [2.45, 2.75) is 20.8 Å². The fourth-order valence-electron chi connectivity index (χ4n) is 1.10. The Morgan fingerprint density at radius 3 is 2.45 bits per heavy atom. The fraction of sp³-hybridized carbons (Fsp3) is 0.375. The topological polar surface area (TPSA) is 12.9 Å². The second-order valence-corrected chi connectivity index (χ2v) is 5.06. The molecule has 0 fully saturated rings.